The van der Waals surface area contributed by atoms with Crippen molar-refractivity contribution in [1.29, 1.82) is 0 Å². The lowest BCUT2D eigenvalue weighted by Gasteiger charge is -2.52. The molecule has 0 aromatic rings. The summed E-state index contributed by atoms with van der Waals surface area (Å²) in [6.45, 7) is 7.31. The second-order valence-electron chi connectivity index (χ2n) is 4.07. The van der Waals surface area contributed by atoms with Crippen LogP contribution in [0.5, 0.6) is 0 Å². The van der Waals surface area contributed by atoms with Crippen molar-refractivity contribution >= 4 is 11.6 Å². The molecule has 0 amide bonds. The Balaban J connectivity index is 2.00. The Morgan fingerprint density at radius 1 is 1.54 bits per heavy atom. The van der Waals surface area contributed by atoms with Crippen molar-refractivity contribution in [3.05, 3.63) is 11.6 Å². The Bertz CT molecular complexity index is 213. The molecule has 1 saturated heterocycles. The molecule has 1 aliphatic heterocycles. The molecule has 0 bridgehead atoms. The quantitative estimate of drug-likeness (QED) is 0.678. The van der Waals surface area contributed by atoms with Crippen LogP contribution in [-0.2, 0) is 4.74 Å². The van der Waals surface area contributed by atoms with E-state index in [1.165, 1.54) is 19.3 Å². The van der Waals surface area contributed by atoms with Crippen LogP contribution in [0, 0.1) is 0 Å². The SMILES string of the molecule is C=C(Cl)CN1CCOCC12CCC2. The molecule has 2 aliphatic rings. The predicted molar refractivity (Wildman–Crippen MR) is 54.0 cm³/mol. The highest BCUT2D eigenvalue weighted by Gasteiger charge is 2.44. The lowest BCUT2D eigenvalue weighted by Crippen LogP contribution is -2.61. The van der Waals surface area contributed by atoms with Gasteiger partial charge < -0.3 is 4.74 Å². The molecule has 0 unspecified atom stereocenters. The van der Waals surface area contributed by atoms with Crippen LogP contribution in [0.3, 0.4) is 0 Å². The number of hydrogen-bond donors (Lipinski definition) is 0. The monoisotopic (exact) mass is 201 g/mol. The summed E-state index contributed by atoms with van der Waals surface area (Å²) in [5, 5.41) is 0.744. The van der Waals surface area contributed by atoms with E-state index in [1.807, 2.05) is 0 Å². The molecular weight excluding hydrogens is 186 g/mol. The number of halogens is 1. The smallest absolute Gasteiger partial charge is 0.0651 e. The third-order valence-corrected chi connectivity index (χ3v) is 3.31. The first-order valence-electron chi connectivity index (χ1n) is 4.89. The first-order chi connectivity index (χ1) is 6.23. The highest BCUT2D eigenvalue weighted by atomic mass is 35.5. The molecule has 2 rings (SSSR count). The normalized spacial score (nSPS) is 27.2. The second-order valence-corrected chi connectivity index (χ2v) is 4.60. The summed E-state index contributed by atoms with van der Waals surface area (Å²) in [6, 6.07) is 0. The van der Waals surface area contributed by atoms with Crippen LogP contribution in [0.15, 0.2) is 11.6 Å². The van der Waals surface area contributed by atoms with E-state index in [2.05, 4.69) is 11.5 Å². The fourth-order valence-electron chi connectivity index (χ4n) is 2.26. The molecule has 13 heavy (non-hydrogen) atoms. The molecule has 0 radical (unpaired) electrons. The highest BCUT2D eigenvalue weighted by Crippen LogP contribution is 2.39. The van der Waals surface area contributed by atoms with Crippen molar-refractivity contribution in [2.75, 3.05) is 26.3 Å². The van der Waals surface area contributed by atoms with Crippen LogP contribution < -0.4 is 0 Å². The Kier molecular flexibility index (Phi) is 2.63. The largest absolute Gasteiger partial charge is 0.378 e. The lowest BCUT2D eigenvalue weighted by molar-refractivity contribution is -0.102. The van der Waals surface area contributed by atoms with Gasteiger partial charge in [-0.05, 0) is 19.3 Å². The number of rotatable bonds is 2. The van der Waals surface area contributed by atoms with Crippen molar-refractivity contribution in [3.63, 3.8) is 0 Å². The molecule has 1 aliphatic carbocycles. The Hall–Kier alpha value is -0.0500. The molecule has 1 saturated carbocycles. The summed E-state index contributed by atoms with van der Waals surface area (Å²) < 4.78 is 5.52. The van der Waals surface area contributed by atoms with Gasteiger partial charge in [-0.15, -0.1) is 0 Å². The number of ether oxygens (including phenoxy) is 1. The standard InChI is InChI=1S/C10H16ClNO/c1-9(11)7-12-5-6-13-8-10(12)3-2-4-10/h1-8H2. The van der Waals surface area contributed by atoms with E-state index in [0.717, 1.165) is 31.3 Å². The van der Waals surface area contributed by atoms with Gasteiger partial charge >= 0.3 is 0 Å². The lowest BCUT2D eigenvalue weighted by atomic mass is 9.75. The summed E-state index contributed by atoms with van der Waals surface area (Å²) in [4.78, 5) is 2.44. The van der Waals surface area contributed by atoms with E-state index >= 15 is 0 Å². The van der Waals surface area contributed by atoms with Crippen LogP contribution in [0.25, 0.3) is 0 Å². The Morgan fingerprint density at radius 3 is 2.85 bits per heavy atom. The molecular formula is C10H16ClNO. The van der Waals surface area contributed by atoms with Crippen LogP contribution in [0.2, 0.25) is 0 Å². The minimum Gasteiger partial charge on any atom is -0.378 e. The molecule has 3 heteroatoms. The minimum absolute atomic E-state index is 0.316. The third kappa shape index (κ3) is 1.76. The first kappa shape index (κ1) is 9.50. The maximum atomic E-state index is 5.84. The molecule has 74 valence electrons. The average Bonchev–Trinajstić information content (AvgIpc) is 2.01. The maximum absolute atomic E-state index is 5.84. The fraction of sp³-hybridized carbons (Fsp3) is 0.800. The van der Waals surface area contributed by atoms with Crippen LogP contribution in [-0.4, -0.2) is 36.7 Å². The van der Waals surface area contributed by atoms with E-state index in [9.17, 15) is 0 Å². The van der Waals surface area contributed by atoms with Gasteiger partial charge in [0.1, 0.15) is 0 Å². The van der Waals surface area contributed by atoms with Crippen LogP contribution in [0.4, 0.5) is 0 Å². The zero-order chi connectivity index (χ0) is 9.31. The van der Waals surface area contributed by atoms with Gasteiger partial charge in [-0.1, -0.05) is 18.2 Å². The summed E-state index contributed by atoms with van der Waals surface area (Å²) in [5.41, 5.74) is 0.316. The van der Waals surface area contributed by atoms with Crippen LogP contribution in [0.1, 0.15) is 19.3 Å². The Morgan fingerprint density at radius 2 is 2.31 bits per heavy atom. The summed E-state index contributed by atoms with van der Waals surface area (Å²) >= 11 is 5.84. The zero-order valence-corrected chi connectivity index (χ0v) is 8.65. The van der Waals surface area contributed by atoms with Crippen molar-refractivity contribution in [2.24, 2.45) is 0 Å². The molecule has 0 aromatic carbocycles. The molecule has 2 fully saturated rings. The molecule has 0 aromatic heterocycles. The highest BCUT2D eigenvalue weighted by molar-refractivity contribution is 6.29. The topological polar surface area (TPSA) is 12.5 Å². The van der Waals surface area contributed by atoms with Gasteiger partial charge in [-0.2, -0.15) is 0 Å². The van der Waals surface area contributed by atoms with E-state index in [1.54, 1.807) is 0 Å². The summed E-state index contributed by atoms with van der Waals surface area (Å²) in [5.74, 6) is 0. The minimum atomic E-state index is 0.316. The van der Waals surface area contributed by atoms with Gasteiger partial charge in [0.2, 0.25) is 0 Å². The van der Waals surface area contributed by atoms with E-state index < -0.39 is 0 Å². The van der Waals surface area contributed by atoms with Gasteiger partial charge in [0.15, 0.2) is 0 Å². The van der Waals surface area contributed by atoms with E-state index in [4.69, 9.17) is 16.3 Å². The molecule has 1 spiro atoms. The van der Waals surface area contributed by atoms with Crippen molar-refractivity contribution in [3.8, 4) is 0 Å². The summed E-state index contributed by atoms with van der Waals surface area (Å²) in [6.07, 6.45) is 3.85. The third-order valence-electron chi connectivity index (χ3n) is 3.19. The molecule has 2 nitrogen and oxygen atoms in total. The second kappa shape index (κ2) is 3.60. The van der Waals surface area contributed by atoms with E-state index in [-0.39, 0.29) is 0 Å². The molecule has 0 atom stereocenters. The van der Waals surface area contributed by atoms with Gasteiger partial charge in [-0.25, -0.2) is 0 Å². The van der Waals surface area contributed by atoms with Gasteiger partial charge in [0.25, 0.3) is 0 Å². The number of nitrogens with zero attached hydrogens (tertiary/aromatic N) is 1. The summed E-state index contributed by atoms with van der Waals surface area (Å²) in [7, 11) is 0. The van der Waals surface area contributed by atoms with Crippen molar-refractivity contribution in [1.82, 2.24) is 4.90 Å². The zero-order valence-electron chi connectivity index (χ0n) is 7.89. The maximum Gasteiger partial charge on any atom is 0.0651 e. The predicted octanol–water partition coefficient (Wildman–Crippen LogP) is 1.99. The first-order valence-corrected chi connectivity index (χ1v) is 5.27. The molecule has 0 N–H and O–H groups in total. The molecule has 1 heterocycles. The van der Waals surface area contributed by atoms with Crippen molar-refractivity contribution < 1.29 is 4.74 Å². The van der Waals surface area contributed by atoms with Gasteiger partial charge in [-0.3, -0.25) is 4.90 Å². The van der Waals surface area contributed by atoms with E-state index in [0.29, 0.717) is 5.54 Å². The number of hydrogen-bond acceptors (Lipinski definition) is 2. The fourth-order valence-corrected chi connectivity index (χ4v) is 2.41. The Labute approximate surface area is 84.5 Å². The van der Waals surface area contributed by atoms with Crippen LogP contribution >= 0.6 is 11.6 Å². The van der Waals surface area contributed by atoms with Gasteiger partial charge in [0, 0.05) is 23.7 Å². The van der Waals surface area contributed by atoms with Crippen molar-refractivity contribution in [2.45, 2.75) is 24.8 Å². The average molecular weight is 202 g/mol. The number of morpholine rings is 1. The van der Waals surface area contributed by atoms with Gasteiger partial charge in [0.05, 0.1) is 13.2 Å².